The Morgan fingerprint density at radius 1 is 1.04 bits per heavy atom. The van der Waals surface area contributed by atoms with Crippen molar-refractivity contribution in [1.82, 2.24) is 5.32 Å². The van der Waals surface area contributed by atoms with Crippen molar-refractivity contribution in [2.24, 2.45) is 0 Å². The third kappa shape index (κ3) is 4.35. The van der Waals surface area contributed by atoms with Gasteiger partial charge < -0.3 is 14.8 Å². The Balaban J connectivity index is 1.60. The summed E-state index contributed by atoms with van der Waals surface area (Å²) in [5.74, 6) is 0.0399. The Labute approximate surface area is 144 Å². The molecule has 7 heteroatoms. The quantitative estimate of drug-likeness (QED) is 0.416. The minimum absolute atomic E-state index is 0.107. The van der Waals surface area contributed by atoms with E-state index in [0.29, 0.717) is 23.4 Å². The molecule has 0 radical (unpaired) electrons. The molecule has 0 saturated carbocycles. The molecular formula is C18H16BNO5. The van der Waals surface area contributed by atoms with Crippen LogP contribution in [0.1, 0.15) is 17.5 Å². The fourth-order valence-corrected chi connectivity index (χ4v) is 2.44. The molecule has 1 aliphatic rings. The summed E-state index contributed by atoms with van der Waals surface area (Å²) >= 11 is 0. The maximum absolute atomic E-state index is 11.5. The Hall–Kier alpha value is -2.90. The van der Waals surface area contributed by atoms with E-state index in [2.05, 4.69) is 5.32 Å². The van der Waals surface area contributed by atoms with Gasteiger partial charge in [-0.15, -0.1) is 0 Å². The summed E-state index contributed by atoms with van der Waals surface area (Å²) in [6.07, 6.45) is 1.79. The maximum Gasteiger partial charge on any atom is 0.488 e. The standard InChI is InChI=1S/C18H16BNO5/c21-17-10-14(18(22)20-17)9-12-3-7-16(8-4-12)25-11-13-1-5-15(6-2-13)19(23)24/h1-9,23-24H,10-11H2,(H,20,21,22)/b14-9+. The van der Waals surface area contributed by atoms with Crippen LogP contribution < -0.4 is 15.5 Å². The van der Waals surface area contributed by atoms with Crippen LogP contribution in [0.25, 0.3) is 6.08 Å². The van der Waals surface area contributed by atoms with Gasteiger partial charge in [0.05, 0.1) is 6.42 Å². The second kappa shape index (κ2) is 7.33. The molecule has 0 bridgehead atoms. The van der Waals surface area contributed by atoms with E-state index in [9.17, 15) is 9.59 Å². The van der Waals surface area contributed by atoms with Gasteiger partial charge in [0.1, 0.15) is 12.4 Å². The van der Waals surface area contributed by atoms with E-state index < -0.39 is 7.12 Å². The van der Waals surface area contributed by atoms with Gasteiger partial charge in [0.25, 0.3) is 5.91 Å². The smallest absolute Gasteiger partial charge is 0.488 e. The Bertz CT molecular complexity index is 812. The van der Waals surface area contributed by atoms with Crippen LogP contribution in [-0.2, 0) is 16.2 Å². The summed E-state index contributed by atoms with van der Waals surface area (Å²) in [6, 6.07) is 14.0. The van der Waals surface area contributed by atoms with Gasteiger partial charge in [-0.3, -0.25) is 14.9 Å². The summed E-state index contributed by atoms with van der Waals surface area (Å²) in [5.41, 5.74) is 2.59. The average molecular weight is 337 g/mol. The molecule has 1 saturated heterocycles. The van der Waals surface area contributed by atoms with E-state index in [0.717, 1.165) is 11.1 Å². The first kappa shape index (κ1) is 16.9. The average Bonchev–Trinajstić information content (AvgIpc) is 2.92. The zero-order chi connectivity index (χ0) is 17.8. The fraction of sp³-hybridized carbons (Fsp3) is 0.111. The van der Waals surface area contributed by atoms with Crippen molar-refractivity contribution in [3.63, 3.8) is 0 Å². The summed E-state index contributed by atoms with van der Waals surface area (Å²) < 4.78 is 5.68. The predicted molar refractivity (Wildman–Crippen MR) is 92.8 cm³/mol. The van der Waals surface area contributed by atoms with Crippen LogP contribution in [0.3, 0.4) is 0 Å². The topological polar surface area (TPSA) is 95.9 Å². The van der Waals surface area contributed by atoms with Crippen molar-refractivity contribution in [2.75, 3.05) is 0 Å². The maximum atomic E-state index is 11.5. The molecule has 2 aromatic carbocycles. The number of hydrogen-bond acceptors (Lipinski definition) is 5. The van der Waals surface area contributed by atoms with Gasteiger partial charge in [-0.05, 0) is 34.8 Å². The summed E-state index contributed by atoms with van der Waals surface area (Å²) in [7, 11) is -1.48. The zero-order valence-electron chi connectivity index (χ0n) is 13.3. The third-order valence-corrected chi connectivity index (χ3v) is 3.80. The first-order chi connectivity index (χ1) is 12.0. The molecular weight excluding hydrogens is 321 g/mol. The molecule has 3 N–H and O–H groups in total. The Morgan fingerprint density at radius 2 is 1.72 bits per heavy atom. The van der Waals surface area contributed by atoms with Gasteiger partial charge in [0, 0.05) is 5.57 Å². The molecule has 1 fully saturated rings. The van der Waals surface area contributed by atoms with Crippen LogP contribution in [0.15, 0.2) is 54.1 Å². The number of hydrogen-bond donors (Lipinski definition) is 3. The molecule has 3 rings (SSSR count). The van der Waals surface area contributed by atoms with Crippen molar-refractivity contribution in [3.05, 3.63) is 65.2 Å². The van der Waals surface area contributed by atoms with E-state index in [1.54, 1.807) is 42.5 Å². The van der Waals surface area contributed by atoms with E-state index >= 15 is 0 Å². The lowest BCUT2D eigenvalue weighted by Crippen LogP contribution is -2.29. The molecule has 0 aromatic heterocycles. The SMILES string of the molecule is O=C1C/C(=C\c2ccc(OCc3ccc(B(O)O)cc3)cc2)C(=O)N1. The Kier molecular flexibility index (Phi) is 4.97. The van der Waals surface area contributed by atoms with E-state index in [1.165, 1.54) is 0 Å². The van der Waals surface area contributed by atoms with Gasteiger partial charge in [0.2, 0.25) is 5.91 Å². The first-order valence-corrected chi connectivity index (χ1v) is 7.74. The van der Waals surface area contributed by atoms with Crippen molar-refractivity contribution in [1.29, 1.82) is 0 Å². The number of imide groups is 1. The molecule has 0 spiro atoms. The molecule has 25 heavy (non-hydrogen) atoms. The lowest BCUT2D eigenvalue weighted by molar-refractivity contribution is -0.124. The second-order valence-electron chi connectivity index (χ2n) is 5.70. The van der Waals surface area contributed by atoms with Gasteiger partial charge in [-0.2, -0.15) is 0 Å². The highest BCUT2D eigenvalue weighted by Gasteiger charge is 2.23. The fourth-order valence-electron chi connectivity index (χ4n) is 2.44. The lowest BCUT2D eigenvalue weighted by atomic mass is 9.80. The van der Waals surface area contributed by atoms with Gasteiger partial charge in [0.15, 0.2) is 0 Å². The van der Waals surface area contributed by atoms with E-state index in [4.69, 9.17) is 14.8 Å². The van der Waals surface area contributed by atoms with Crippen LogP contribution >= 0.6 is 0 Å². The largest absolute Gasteiger partial charge is 0.489 e. The van der Waals surface area contributed by atoms with Crippen LogP contribution in [-0.4, -0.2) is 29.0 Å². The lowest BCUT2D eigenvalue weighted by Gasteiger charge is -2.07. The first-order valence-electron chi connectivity index (χ1n) is 7.74. The van der Waals surface area contributed by atoms with Crippen molar-refractivity contribution in [3.8, 4) is 5.75 Å². The van der Waals surface area contributed by atoms with Crippen molar-refractivity contribution in [2.45, 2.75) is 13.0 Å². The number of rotatable bonds is 5. The molecule has 126 valence electrons. The number of benzene rings is 2. The molecule has 0 unspecified atom stereocenters. The van der Waals surface area contributed by atoms with Crippen LogP contribution in [0.4, 0.5) is 0 Å². The monoisotopic (exact) mass is 337 g/mol. The number of amides is 2. The number of carbonyl (C=O) groups excluding carboxylic acids is 2. The predicted octanol–water partition coefficient (Wildman–Crippen LogP) is 0.375. The summed E-state index contributed by atoms with van der Waals surface area (Å²) in [6.45, 7) is 0.346. The van der Waals surface area contributed by atoms with Crippen molar-refractivity contribution < 1.29 is 24.4 Å². The molecule has 1 heterocycles. The summed E-state index contributed by atoms with van der Waals surface area (Å²) in [4.78, 5) is 22.7. The normalized spacial score (nSPS) is 15.4. The zero-order valence-corrected chi connectivity index (χ0v) is 13.3. The van der Waals surface area contributed by atoms with Gasteiger partial charge >= 0.3 is 7.12 Å². The minimum Gasteiger partial charge on any atom is -0.489 e. The molecule has 1 aliphatic heterocycles. The second-order valence-corrected chi connectivity index (χ2v) is 5.70. The number of nitrogens with one attached hydrogen (secondary N) is 1. The molecule has 0 aliphatic carbocycles. The van der Waals surface area contributed by atoms with Crippen molar-refractivity contribution >= 4 is 30.5 Å². The molecule has 6 nitrogen and oxygen atoms in total. The molecule has 2 amide bonds. The van der Waals surface area contributed by atoms with Crippen LogP contribution in [0, 0.1) is 0 Å². The number of ether oxygens (including phenoxy) is 1. The molecule has 2 aromatic rings. The highest BCUT2D eigenvalue weighted by molar-refractivity contribution is 6.58. The van der Waals surface area contributed by atoms with Crippen LogP contribution in [0.5, 0.6) is 5.75 Å². The van der Waals surface area contributed by atoms with E-state index in [-0.39, 0.29) is 18.2 Å². The highest BCUT2D eigenvalue weighted by Crippen LogP contribution is 2.18. The Morgan fingerprint density at radius 3 is 2.28 bits per heavy atom. The summed E-state index contributed by atoms with van der Waals surface area (Å²) in [5, 5.41) is 20.4. The van der Waals surface area contributed by atoms with Gasteiger partial charge in [-0.25, -0.2) is 0 Å². The van der Waals surface area contributed by atoms with Gasteiger partial charge in [-0.1, -0.05) is 36.4 Å². The molecule has 0 atom stereocenters. The van der Waals surface area contributed by atoms with Crippen LogP contribution in [0.2, 0.25) is 0 Å². The highest BCUT2D eigenvalue weighted by atomic mass is 16.5. The third-order valence-electron chi connectivity index (χ3n) is 3.80. The van der Waals surface area contributed by atoms with E-state index in [1.807, 2.05) is 12.1 Å². The minimum atomic E-state index is -1.48. The number of carbonyl (C=O) groups is 2.